The second-order valence-corrected chi connectivity index (χ2v) is 7.61. The Morgan fingerprint density at radius 3 is 2.16 bits per heavy atom. The number of hydrogen-bond donors (Lipinski definition) is 1. The molecule has 4 aromatic rings. The Bertz CT molecular complexity index is 1350. The summed E-state index contributed by atoms with van der Waals surface area (Å²) in [5.74, 6) is -0.413. The summed E-state index contributed by atoms with van der Waals surface area (Å²) >= 11 is 0. The second kappa shape index (κ2) is 8.19. The van der Waals surface area contributed by atoms with Crippen LogP contribution in [0.2, 0.25) is 0 Å². The van der Waals surface area contributed by atoms with Gasteiger partial charge >= 0.3 is 5.97 Å². The number of aromatic nitrogens is 1. The Kier molecular flexibility index (Phi) is 5.42. The molecular formula is C26H24N2O3. The van der Waals surface area contributed by atoms with Gasteiger partial charge in [-0.3, -0.25) is 9.59 Å². The lowest BCUT2D eigenvalue weighted by molar-refractivity contribution is -0.139. The van der Waals surface area contributed by atoms with Gasteiger partial charge in [-0.2, -0.15) is 0 Å². The first-order valence-electron chi connectivity index (χ1n) is 10.3. The molecule has 0 atom stereocenters. The number of hydrogen-bond acceptors (Lipinski definition) is 4. The number of esters is 1. The van der Waals surface area contributed by atoms with E-state index in [2.05, 4.69) is 11.5 Å². The predicted molar refractivity (Wildman–Crippen MR) is 123 cm³/mol. The van der Waals surface area contributed by atoms with Crippen molar-refractivity contribution in [3.63, 3.8) is 0 Å². The average Bonchev–Trinajstić information content (AvgIpc) is 3.09. The fourth-order valence-electron chi connectivity index (χ4n) is 4.01. The Hall–Kier alpha value is -3.73. The fourth-order valence-corrected chi connectivity index (χ4v) is 4.01. The zero-order valence-corrected chi connectivity index (χ0v) is 17.9. The molecule has 5 heteroatoms. The Morgan fingerprint density at radius 1 is 0.935 bits per heavy atom. The molecule has 4 rings (SSSR count). The van der Waals surface area contributed by atoms with E-state index in [-0.39, 0.29) is 18.1 Å². The molecule has 0 radical (unpaired) electrons. The van der Waals surface area contributed by atoms with Crippen LogP contribution in [0.3, 0.4) is 0 Å². The first-order valence-corrected chi connectivity index (χ1v) is 10.3. The van der Waals surface area contributed by atoms with Crippen LogP contribution in [0.25, 0.3) is 21.8 Å². The maximum absolute atomic E-state index is 13.2. The molecule has 0 saturated carbocycles. The second-order valence-electron chi connectivity index (χ2n) is 7.61. The summed E-state index contributed by atoms with van der Waals surface area (Å²) in [6.45, 7) is 6.08. The van der Waals surface area contributed by atoms with Gasteiger partial charge in [0.2, 0.25) is 0 Å². The smallest absolute Gasteiger partial charge is 0.303 e. The van der Waals surface area contributed by atoms with Gasteiger partial charge in [-0.25, -0.2) is 0 Å². The van der Waals surface area contributed by atoms with Crippen molar-refractivity contribution in [2.24, 2.45) is 0 Å². The normalized spacial score (nSPS) is 11.1. The molecule has 5 nitrogen and oxygen atoms in total. The van der Waals surface area contributed by atoms with Gasteiger partial charge in [0.15, 0.2) is 5.78 Å². The van der Waals surface area contributed by atoms with Gasteiger partial charge in [0.1, 0.15) is 6.61 Å². The molecule has 0 aliphatic rings. The molecule has 0 fully saturated rings. The molecule has 0 spiro atoms. The quantitative estimate of drug-likeness (QED) is 0.266. The van der Waals surface area contributed by atoms with Crippen molar-refractivity contribution in [3.05, 3.63) is 82.9 Å². The fraction of sp³-hybridized carbons (Fsp3) is 0.192. The van der Waals surface area contributed by atoms with Crippen molar-refractivity contribution in [2.75, 3.05) is 6.61 Å². The number of ether oxygens (including phenoxy) is 1. The predicted octanol–water partition coefficient (Wildman–Crippen LogP) is 5.28. The lowest BCUT2D eigenvalue weighted by Crippen LogP contribution is -2.11. The Morgan fingerprint density at radius 2 is 1.55 bits per heavy atom. The summed E-state index contributed by atoms with van der Waals surface area (Å²) in [6, 6.07) is 19.2. The van der Waals surface area contributed by atoms with E-state index in [9.17, 15) is 9.59 Å². The van der Waals surface area contributed by atoms with E-state index in [1.807, 2.05) is 67.6 Å². The van der Waals surface area contributed by atoms with Gasteiger partial charge in [0, 0.05) is 46.4 Å². The van der Waals surface area contributed by atoms with Crippen LogP contribution in [-0.4, -0.2) is 28.6 Å². The van der Waals surface area contributed by atoms with Crippen LogP contribution >= 0.6 is 0 Å². The molecular weight excluding hydrogens is 388 g/mol. The van der Waals surface area contributed by atoms with E-state index < -0.39 is 5.97 Å². The summed E-state index contributed by atoms with van der Waals surface area (Å²) in [5.41, 5.74) is 5.30. The lowest BCUT2D eigenvalue weighted by Gasteiger charge is -2.06. The number of ketones is 1. The molecule has 1 N–H and O–H groups in total. The van der Waals surface area contributed by atoms with Gasteiger partial charge < -0.3 is 14.7 Å². The van der Waals surface area contributed by atoms with Gasteiger partial charge in [0.05, 0.1) is 5.71 Å². The maximum atomic E-state index is 13.2. The molecule has 1 heterocycles. The van der Waals surface area contributed by atoms with Crippen molar-refractivity contribution in [1.82, 2.24) is 4.57 Å². The van der Waals surface area contributed by atoms with Gasteiger partial charge in [-0.15, -0.1) is 0 Å². The number of nitrogens with one attached hydrogen (secondary N) is 1. The van der Waals surface area contributed by atoms with E-state index in [0.717, 1.165) is 33.9 Å². The molecule has 1 aromatic heterocycles. The third-order valence-electron chi connectivity index (χ3n) is 5.60. The third-order valence-corrected chi connectivity index (χ3v) is 5.60. The largest absolute Gasteiger partial charge is 0.459 e. The van der Waals surface area contributed by atoms with Crippen molar-refractivity contribution < 1.29 is 14.3 Å². The Balaban J connectivity index is 1.85. The average molecular weight is 412 g/mol. The van der Waals surface area contributed by atoms with Crippen molar-refractivity contribution >= 4 is 39.3 Å². The molecule has 0 amide bonds. The first kappa shape index (κ1) is 20.5. The number of carbonyl (C=O) groups is 2. The number of nitrogens with zero attached hydrogens (tertiary/aromatic N) is 1. The minimum Gasteiger partial charge on any atom is -0.459 e. The van der Waals surface area contributed by atoms with Gasteiger partial charge in [-0.1, -0.05) is 30.3 Å². The highest BCUT2D eigenvalue weighted by molar-refractivity contribution is 6.16. The molecule has 0 aliphatic carbocycles. The van der Waals surface area contributed by atoms with Crippen LogP contribution < -0.4 is 0 Å². The number of rotatable bonds is 6. The molecule has 3 aromatic carbocycles. The van der Waals surface area contributed by atoms with Crippen molar-refractivity contribution in [1.29, 1.82) is 5.41 Å². The highest BCUT2D eigenvalue weighted by Crippen LogP contribution is 2.31. The first-order chi connectivity index (χ1) is 14.9. The molecule has 0 aliphatic heterocycles. The minimum absolute atomic E-state index is 0.00356. The monoisotopic (exact) mass is 412 g/mol. The minimum atomic E-state index is -0.409. The number of aryl methyl sites for hydroxylation is 2. The summed E-state index contributed by atoms with van der Waals surface area (Å²) < 4.78 is 7.18. The van der Waals surface area contributed by atoms with Crippen molar-refractivity contribution in [2.45, 2.75) is 27.3 Å². The molecule has 31 heavy (non-hydrogen) atoms. The van der Waals surface area contributed by atoms with E-state index in [4.69, 9.17) is 10.1 Å². The SMILES string of the molecule is CCn1c2ccc(C(=N)COC(C)=O)cc2c2cc(C(=O)c3ccccc3C)ccc21. The number of benzene rings is 3. The zero-order valence-electron chi connectivity index (χ0n) is 17.9. The number of fused-ring (bicyclic) bond motifs is 3. The summed E-state index contributed by atoms with van der Waals surface area (Å²) in [6.07, 6.45) is 0. The summed E-state index contributed by atoms with van der Waals surface area (Å²) in [5, 5.41) is 10.2. The standard InChI is InChI=1S/C26H24N2O3/c1-4-28-24-11-9-18(23(27)15-31-17(3)29)13-21(24)22-14-19(10-12-25(22)28)26(30)20-8-6-5-7-16(20)2/h5-14,27H,4,15H2,1-3H3. The lowest BCUT2D eigenvalue weighted by atomic mass is 9.97. The third kappa shape index (κ3) is 3.75. The van der Waals surface area contributed by atoms with Crippen LogP contribution in [0.4, 0.5) is 0 Å². The molecule has 0 saturated heterocycles. The topological polar surface area (TPSA) is 72.2 Å². The van der Waals surface area contributed by atoms with Gasteiger partial charge in [-0.05, 0) is 55.3 Å². The van der Waals surface area contributed by atoms with Gasteiger partial charge in [0.25, 0.3) is 0 Å². The van der Waals surface area contributed by atoms with E-state index in [1.54, 1.807) is 0 Å². The molecule has 0 bridgehead atoms. The summed E-state index contributed by atoms with van der Waals surface area (Å²) in [7, 11) is 0. The van der Waals surface area contributed by atoms with Crippen LogP contribution in [0.15, 0.2) is 60.7 Å². The molecule has 156 valence electrons. The van der Waals surface area contributed by atoms with Crippen LogP contribution in [-0.2, 0) is 16.1 Å². The highest BCUT2D eigenvalue weighted by Gasteiger charge is 2.16. The number of carbonyl (C=O) groups excluding carboxylic acids is 2. The molecule has 0 unspecified atom stereocenters. The highest BCUT2D eigenvalue weighted by atomic mass is 16.5. The van der Waals surface area contributed by atoms with Crippen molar-refractivity contribution in [3.8, 4) is 0 Å². The van der Waals surface area contributed by atoms with E-state index in [0.29, 0.717) is 16.7 Å². The van der Waals surface area contributed by atoms with E-state index >= 15 is 0 Å². The summed E-state index contributed by atoms with van der Waals surface area (Å²) in [4.78, 5) is 24.3. The van der Waals surface area contributed by atoms with Crippen LogP contribution in [0.1, 0.15) is 40.9 Å². The van der Waals surface area contributed by atoms with E-state index in [1.165, 1.54) is 6.92 Å². The van der Waals surface area contributed by atoms with Crippen LogP contribution in [0.5, 0.6) is 0 Å². The Labute approximate surface area is 180 Å². The maximum Gasteiger partial charge on any atom is 0.303 e. The van der Waals surface area contributed by atoms with Crippen LogP contribution in [0, 0.1) is 12.3 Å². The zero-order chi connectivity index (χ0) is 22.1.